The Bertz CT molecular complexity index is 796. The third kappa shape index (κ3) is 5.21. The fraction of sp³-hybridized carbons (Fsp3) is 0.200. The molecule has 0 spiro atoms. The van der Waals surface area contributed by atoms with Crippen molar-refractivity contribution < 1.29 is 19.1 Å². The number of hydrogen-bond donors (Lipinski definition) is 1. The van der Waals surface area contributed by atoms with Crippen LogP contribution in [0.4, 0.5) is 5.69 Å². The van der Waals surface area contributed by atoms with E-state index in [2.05, 4.69) is 5.32 Å². The maximum Gasteiger partial charge on any atom is 0.262 e. The summed E-state index contributed by atoms with van der Waals surface area (Å²) in [6, 6.07) is 12.2. The molecule has 0 heterocycles. The molecule has 1 N–H and O–H groups in total. The minimum Gasteiger partial charge on any atom is -0.493 e. The average Bonchev–Trinajstić information content (AvgIpc) is 2.61. The van der Waals surface area contributed by atoms with Gasteiger partial charge in [0.2, 0.25) is 0 Å². The highest BCUT2D eigenvalue weighted by atomic mass is 16.5. The second-order valence-corrected chi connectivity index (χ2v) is 5.38. The lowest BCUT2D eigenvalue weighted by Gasteiger charge is -2.12. The zero-order chi connectivity index (χ0) is 18.2. The summed E-state index contributed by atoms with van der Waals surface area (Å²) in [5.41, 5.74) is 2.08. The predicted molar refractivity (Wildman–Crippen MR) is 98.3 cm³/mol. The van der Waals surface area contributed by atoms with Gasteiger partial charge >= 0.3 is 0 Å². The molecular weight excluding hydrogens is 318 g/mol. The number of allylic oxidation sites excluding steroid dienone is 1. The molecule has 2 aromatic rings. The Morgan fingerprint density at radius 1 is 1.12 bits per heavy atom. The monoisotopic (exact) mass is 339 g/mol. The summed E-state index contributed by atoms with van der Waals surface area (Å²) in [7, 11) is 1.55. The number of rotatable bonds is 7. The van der Waals surface area contributed by atoms with E-state index in [1.54, 1.807) is 37.4 Å². The summed E-state index contributed by atoms with van der Waals surface area (Å²) in [5.74, 6) is 0.670. The van der Waals surface area contributed by atoms with E-state index in [0.717, 1.165) is 5.56 Å². The molecule has 1 amide bonds. The van der Waals surface area contributed by atoms with Crippen molar-refractivity contribution in [2.24, 2.45) is 0 Å². The smallest absolute Gasteiger partial charge is 0.262 e. The van der Waals surface area contributed by atoms with Gasteiger partial charge in [-0.05, 0) is 43.7 Å². The molecule has 0 fully saturated rings. The van der Waals surface area contributed by atoms with Crippen molar-refractivity contribution in [3.63, 3.8) is 0 Å². The van der Waals surface area contributed by atoms with E-state index in [1.807, 2.05) is 31.2 Å². The number of nitrogens with one attached hydrogen (secondary N) is 1. The van der Waals surface area contributed by atoms with Crippen LogP contribution in [-0.4, -0.2) is 25.4 Å². The molecule has 130 valence electrons. The average molecular weight is 339 g/mol. The highest BCUT2D eigenvalue weighted by Gasteiger charge is 2.09. The molecule has 2 aromatic carbocycles. The molecule has 0 saturated heterocycles. The van der Waals surface area contributed by atoms with Gasteiger partial charge in [0.25, 0.3) is 5.91 Å². The van der Waals surface area contributed by atoms with Crippen molar-refractivity contribution in [3.8, 4) is 11.5 Å². The summed E-state index contributed by atoms with van der Waals surface area (Å²) in [6.45, 7) is 3.25. The third-order valence-electron chi connectivity index (χ3n) is 3.46. The molecule has 5 nitrogen and oxygen atoms in total. The van der Waals surface area contributed by atoms with E-state index in [0.29, 0.717) is 22.7 Å². The van der Waals surface area contributed by atoms with Crippen molar-refractivity contribution in [2.45, 2.75) is 13.8 Å². The van der Waals surface area contributed by atoms with Crippen LogP contribution in [0.5, 0.6) is 11.5 Å². The van der Waals surface area contributed by atoms with Crippen LogP contribution in [0, 0.1) is 0 Å². The van der Waals surface area contributed by atoms with E-state index in [4.69, 9.17) is 9.47 Å². The van der Waals surface area contributed by atoms with Gasteiger partial charge in [0.15, 0.2) is 23.9 Å². The maximum atomic E-state index is 12.1. The second-order valence-electron chi connectivity index (χ2n) is 5.38. The highest BCUT2D eigenvalue weighted by molar-refractivity contribution is 5.97. The number of carbonyl (C=O) groups is 2. The molecule has 5 heteroatoms. The summed E-state index contributed by atoms with van der Waals surface area (Å²) in [5, 5.41) is 2.71. The van der Waals surface area contributed by atoms with Crippen LogP contribution in [0.25, 0.3) is 6.08 Å². The zero-order valence-electron chi connectivity index (χ0n) is 14.5. The number of ketones is 1. The second kappa shape index (κ2) is 8.68. The van der Waals surface area contributed by atoms with Crippen LogP contribution in [0.15, 0.2) is 48.5 Å². The van der Waals surface area contributed by atoms with Gasteiger partial charge in [-0.1, -0.05) is 30.4 Å². The molecular formula is C20H21NO4. The fourth-order valence-corrected chi connectivity index (χ4v) is 2.26. The number of anilines is 1. The normalized spacial score (nSPS) is 10.5. The predicted octanol–water partition coefficient (Wildman–Crippen LogP) is 3.95. The van der Waals surface area contributed by atoms with Gasteiger partial charge < -0.3 is 14.8 Å². The molecule has 0 aromatic heterocycles. The number of benzene rings is 2. The number of carbonyl (C=O) groups excluding carboxylic acids is 2. The zero-order valence-corrected chi connectivity index (χ0v) is 14.5. The Labute approximate surface area is 147 Å². The van der Waals surface area contributed by atoms with Gasteiger partial charge in [-0.15, -0.1) is 0 Å². The molecule has 0 aliphatic rings. The van der Waals surface area contributed by atoms with E-state index in [9.17, 15) is 9.59 Å². The van der Waals surface area contributed by atoms with Crippen molar-refractivity contribution in [3.05, 3.63) is 59.7 Å². The van der Waals surface area contributed by atoms with Gasteiger partial charge in [0, 0.05) is 11.3 Å². The first-order valence-electron chi connectivity index (χ1n) is 7.88. The Hall–Kier alpha value is -3.08. The van der Waals surface area contributed by atoms with Gasteiger partial charge in [-0.25, -0.2) is 0 Å². The lowest BCUT2D eigenvalue weighted by atomic mass is 10.1. The molecule has 0 aliphatic carbocycles. The van der Waals surface area contributed by atoms with Crippen molar-refractivity contribution >= 4 is 23.5 Å². The molecule has 0 saturated carbocycles. The minimum absolute atomic E-state index is 0.0571. The number of Topliss-reactive ketones (excluding diaryl/α,β-unsaturated/α-hetero) is 1. The van der Waals surface area contributed by atoms with Gasteiger partial charge in [-0.3, -0.25) is 9.59 Å². The fourth-order valence-electron chi connectivity index (χ4n) is 2.26. The van der Waals surface area contributed by atoms with E-state index < -0.39 is 0 Å². The van der Waals surface area contributed by atoms with Crippen LogP contribution in [-0.2, 0) is 4.79 Å². The summed E-state index contributed by atoms with van der Waals surface area (Å²) in [4.78, 5) is 23.4. The van der Waals surface area contributed by atoms with Crippen LogP contribution >= 0.6 is 0 Å². The lowest BCUT2D eigenvalue weighted by molar-refractivity contribution is -0.118. The van der Waals surface area contributed by atoms with Crippen LogP contribution in [0.2, 0.25) is 0 Å². The summed E-state index contributed by atoms with van der Waals surface area (Å²) >= 11 is 0. The van der Waals surface area contributed by atoms with Crippen LogP contribution in [0.1, 0.15) is 29.8 Å². The molecule has 0 aliphatic heterocycles. The lowest BCUT2D eigenvalue weighted by Crippen LogP contribution is -2.20. The van der Waals surface area contributed by atoms with Crippen molar-refractivity contribution in [2.75, 3.05) is 19.0 Å². The Kier molecular flexibility index (Phi) is 6.34. The van der Waals surface area contributed by atoms with Crippen LogP contribution < -0.4 is 14.8 Å². The summed E-state index contributed by atoms with van der Waals surface area (Å²) in [6.07, 6.45) is 3.87. The summed E-state index contributed by atoms with van der Waals surface area (Å²) < 4.78 is 10.8. The molecule has 25 heavy (non-hydrogen) atoms. The van der Waals surface area contributed by atoms with E-state index >= 15 is 0 Å². The molecule has 0 bridgehead atoms. The Balaban J connectivity index is 2.00. The largest absolute Gasteiger partial charge is 0.493 e. The van der Waals surface area contributed by atoms with E-state index in [1.165, 1.54) is 6.92 Å². The van der Waals surface area contributed by atoms with E-state index in [-0.39, 0.29) is 18.3 Å². The standard InChI is InChI=1S/C20H21NO4/c1-4-6-15-9-10-18(19(11-15)24-3)25-13-20(23)21-17-8-5-7-16(12-17)14(2)22/h4-12H,13H2,1-3H3,(H,21,23)/b6-4-. The number of amides is 1. The quantitative estimate of drug-likeness (QED) is 0.776. The molecule has 0 atom stereocenters. The Morgan fingerprint density at radius 2 is 1.92 bits per heavy atom. The SMILES string of the molecule is C/C=C\c1ccc(OCC(=O)Nc2cccc(C(C)=O)c2)c(OC)c1. The van der Waals surface area contributed by atoms with Gasteiger partial charge in [0.05, 0.1) is 7.11 Å². The molecule has 2 rings (SSSR count). The molecule has 0 unspecified atom stereocenters. The topological polar surface area (TPSA) is 64.6 Å². The number of hydrogen-bond acceptors (Lipinski definition) is 4. The van der Waals surface area contributed by atoms with Gasteiger partial charge in [-0.2, -0.15) is 0 Å². The minimum atomic E-state index is -0.319. The highest BCUT2D eigenvalue weighted by Crippen LogP contribution is 2.28. The first kappa shape index (κ1) is 18.3. The van der Waals surface area contributed by atoms with Crippen LogP contribution in [0.3, 0.4) is 0 Å². The third-order valence-corrected chi connectivity index (χ3v) is 3.46. The van der Waals surface area contributed by atoms with Crippen molar-refractivity contribution in [1.82, 2.24) is 0 Å². The first-order chi connectivity index (χ1) is 12.0. The van der Waals surface area contributed by atoms with Gasteiger partial charge in [0.1, 0.15) is 0 Å². The van der Waals surface area contributed by atoms with Crippen molar-refractivity contribution in [1.29, 1.82) is 0 Å². The molecule has 0 radical (unpaired) electrons. The first-order valence-corrected chi connectivity index (χ1v) is 7.88. The number of methoxy groups -OCH3 is 1. The maximum absolute atomic E-state index is 12.1. The number of ether oxygens (including phenoxy) is 2. The Morgan fingerprint density at radius 3 is 2.60 bits per heavy atom.